The molecule has 11 rings (SSSR count). The molecule has 9 aromatic rings. The third-order valence-electron chi connectivity index (χ3n) is 10.3. The summed E-state index contributed by atoms with van der Waals surface area (Å²) in [5.41, 5.74) is 14.5. The van der Waals surface area contributed by atoms with E-state index in [-0.39, 0.29) is 6.85 Å². The molecule has 3 nitrogen and oxygen atoms in total. The number of aryl methyl sites for hydroxylation is 1. The zero-order valence-corrected chi connectivity index (χ0v) is 24.6. The van der Waals surface area contributed by atoms with E-state index in [1.54, 1.807) is 0 Å². The first-order valence-electron chi connectivity index (χ1n) is 15.6. The maximum atomic E-state index is 6.52. The number of rotatable bonds is 1. The summed E-state index contributed by atoms with van der Waals surface area (Å²) in [5, 5.41) is 7.42. The topological polar surface area (TPSA) is 21.3 Å². The first kappa shape index (κ1) is 23.7. The van der Waals surface area contributed by atoms with Crippen LogP contribution in [0.15, 0.2) is 138 Å². The lowest BCUT2D eigenvalue weighted by atomic mass is 9.43. The molecular formula is C41H25BN2O. The summed E-state index contributed by atoms with van der Waals surface area (Å²) in [6.07, 6.45) is 0. The van der Waals surface area contributed by atoms with Crippen LogP contribution in [0.2, 0.25) is 0 Å². The van der Waals surface area contributed by atoms with E-state index in [1.807, 2.05) is 0 Å². The van der Waals surface area contributed by atoms with Gasteiger partial charge in [-0.2, -0.15) is 0 Å². The van der Waals surface area contributed by atoms with Crippen LogP contribution in [0.25, 0.3) is 71.3 Å². The van der Waals surface area contributed by atoms with Gasteiger partial charge in [-0.1, -0.05) is 97.1 Å². The van der Waals surface area contributed by atoms with Gasteiger partial charge in [0.25, 0.3) is 0 Å². The van der Waals surface area contributed by atoms with Crippen molar-refractivity contribution >= 4 is 83.7 Å². The van der Waals surface area contributed by atoms with Crippen molar-refractivity contribution in [2.75, 3.05) is 4.81 Å². The van der Waals surface area contributed by atoms with E-state index in [4.69, 9.17) is 4.42 Å². The summed E-state index contributed by atoms with van der Waals surface area (Å²) in [6, 6.07) is 49.0. The summed E-state index contributed by atoms with van der Waals surface area (Å²) in [6.45, 7) is 2.21. The average molecular weight is 572 g/mol. The van der Waals surface area contributed by atoms with Gasteiger partial charge in [0.2, 0.25) is 0 Å². The Kier molecular flexibility index (Phi) is 4.34. The number of furan rings is 1. The van der Waals surface area contributed by atoms with Crippen LogP contribution >= 0.6 is 0 Å². The summed E-state index contributed by atoms with van der Waals surface area (Å²) < 4.78 is 9.08. The second-order valence-electron chi connectivity index (χ2n) is 12.5. The monoisotopic (exact) mass is 572 g/mol. The number of nitrogens with zero attached hydrogens (tertiary/aromatic N) is 2. The molecule has 0 aliphatic carbocycles. The minimum Gasteiger partial charge on any atom is -0.456 e. The molecule has 0 N–H and O–H groups in total. The highest BCUT2D eigenvalue weighted by molar-refractivity contribution is 6.94. The Bertz CT molecular complexity index is 2750. The molecule has 0 radical (unpaired) electrons. The van der Waals surface area contributed by atoms with Crippen molar-refractivity contribution in [1.82, 2.24) is 4.57 Å². The second-order valence-corrected chi connectivity index (χ2v) is 12.5. The maximum absolute atomic E-state index is 6.52. The fourth-order valence-corrected chi connectivity index (χ4v) is 8.42. The van der Waals surface area contributed by atoms with Gasteiger partial charge in [0, 0.05) is 49.9 Å². The molecule has 2 aliphatic rings. The molecule has 0 amide bonds. The molecule has 0 saturated heterocycles. The molecule has 4 heteroatoms. The predicted octanol–water partition coefficient (Wildman–Crippen LogP) is 9.38. The van der Waals surface area contributed by atoms with E-state index >= 15 is 0 Å². The molecule has 0 spiro atoms. The van der Waals surface area contributed by atoms with Crippen molar-refractivity contribution in [3.63, 3.8) is 0 Å². The van der Waals surface area contributed by atoms with E-state index in [2.05, 4.69) is 150 Å². The molecule has 0 saturated carbocycles. The summed E-state index contributed by atoms with van der Waals surface area (Å²) in [4.78, 5) is 2.59. The molecule has 0 bridgehead atoms. The number of para-hydroxylation sites is 4. The number of hydrogen-bond donors (Lipinski definition) is 0. The van der Waals surface area contributed by atoms with E-state index in [1.165, 1.54) is 77.3 Å². The lowest BCUT2D eigenvalue weighted by molar-refractivity contribution is 0.669. The largest absolute Gasteiger partial charge is 0.456 e. The Morgan fingerprint density at radius 3 is 2.22 bits per heavy atom. The third-order valence-corrected chi connectivity index (χ3v) is 10.3. The Hall–Kier alpha value is -5.74. The number of benzene rings is 7. The zero-order chi connectivity index (χ0) is 29.4. The van der Waals surface area contributed by atoms with Gasteiger partial charge in [-0.25, -0.2) is 0 Å². The Labute approximate surface area is 259 Å². The Balaban J connectivity index is 1.40. The highest BCUT2D eigenvalue weighted by Gasteiger charge is 2.45. The smallest absolute Gasteiger partial charge is 0.333 e. The van der Waals surface area contributed by atoms with Crippen molar-refractivity contribution < 1.29 is 4.42 Å². The van der Waals surface area contributed by atoms with Gasteiger partial charge in [0.05, 0.1) is 16.7 Å². The van der Waals surface area contributed by atoms with Crippen molar-refractivity contribution in [2.24, 2.45) is 0 Å². The lowest BCUT2D eigenvalue weighted by Crippen LogP contribution is -2.60. The summed E-state index contributed by atoms with van der Waals surface area (Å²) in [5.74, 6) is 0. The highest BCUT2D eigenvalue weighted by Crippen LogP contribution is 2.48. The van der Waals surface area contributed by atoms with Gasteiger partial charge in [-0.15, -0.1) is 0 Å². The van der Waals surface area contributed by atoms with Crippen LogP contribution in [0.1, 0.15) is 5.56 Å². The highest BCUT2D eigenvalue weighted by atomic mass is 16.3. The van der Waals surface area contributed by atoms with Gasteiger partial charge >= 0.3 is 6.85 Å². The molecule has 208 valence electrons. The zero-order valence-electron chi connectivity index (χ0n) is 24.6. The van der Waals surface area contributed by atoms with Crippen molar-refractivity contribution in [1.29, 1.82) is 0 Å². The molecular weight excluding hydrogens is 547 g/mol. The average Bonchev–Trinajstić information content (AvgIpc) is 3.62. The van der Waals surface area contributed by atoms with Crippen LogP contribution in [-0.2, 0) is 0 Å². The molecule has 2 aromatic heterocycles. The van der Waals surface area contributed by atoms with Crippen LogP contribution in [0.5, 0.6) is 0 Å². The number of anilines is 2. The molecule has 2 aliphatic heterocycles. The lowest BCUT2D eigenvalue weighted by Gasteiger charge is -2.43. The van der Waals surface area contributed by atoms with Gasteiger partial charge in [0.15, 0.2) is 0 Å². The predicted molar refractivity (Wildman–Crippen MR) is 189 cm³/mol. The number of hydrogen-bond acceptors (Lipinski definition) is 2. The van der Waals surface area contributed by atoms with E-state index in [9.17, 15) is 0 Å². The molecule has 45 heavy (non-hydrogen) atoms. The van der Waals surface area contributed by atoms with Crippen LogP contribution in [-0.4, -0.2) is 11.4 Å². The van der Waals surface area contributed by atoms with Crippen molar-refractivity contribution in [3.8, 4) is 16.8 Å². The summed E-state index contributed by atoms with van der Waals surface area (Å²) >= 11 is 0. The maximum Gasteiger partial charge on any atom is 0.333 e. The van der Waals surface area contributed by atoms with Crippen molar-refractivity contribution in [2.45, 2.75) is 6.92 Å². The SMILES string of the molecule is Cc1ccccc1N1B2c3c(cc4ccccc4c3-n3c4ccccc4c4cccc2c43)-c2cc3c(cc21)oc1ccccc13. The fourth-order valence-electron chi connectivity index (χ4n) is 8.42. The minimum absolute atomic E-state index is 0.0180. The number of fused-ring (bicyclic) bond motifs is 12. The quantitative estimate of drug-likeness (QED) is 0.183. The molecule has 4 heterocycles. The van der Waals surface area contributed by atoms with Crippen molar-refractivity contribution in [3.05, 3.63) is 139 Å². The van der Waals surface area contributed by atoms with Crippen LogP contribution in [0.3, 0.4) is 0 Å². The van der Waals surface area contributed by atoms with Gasteiger partial charge in [-0.3, -0.25) is 0 Å². The summed E-state index contributed by atoms with van der Waals surface area (Å²) in [7, 11) is 0. The first-order valence-corrected chi connectivity index (χ1v) is 15.6. The normalized spacial score (nSPS) is 13.4. The standard InChI is InChI=1S/C41H25BN2O/c1-24-11-2-7-18-34(24)44-36-23-38-31(28-15-6-9-20-37(28)45-38)22-30(36)32-21-25-12-3-4-13-26(25)41-39(32)42(44)33-17-10-16-29-27-14-5-8-19-35(27)43(41)40(29)33/h2-23H,1H3. The van der Waals surface area contributed by atoms with Gasteiger partial charge < -0.3 is 13.8 Å². The van der Waals surface area contributed by atoms with Crippen LogP contribution < -0.4 is 15.7 Å². The third kappa shape index (κ3) is 2.88. The molecule has 0 unspecified atom stereocenters. The second kappa shape index (κ2) is 8.25. The number of aromatic nitrogens is 1. The van der Waals surface area contributed by atoms with Crippen LogP contribution in [0.4, 0.5) is 11.4 Å². The van der Waals surface area contributed by atoms with E-state index in [0.717, 1.165) is 21.9 Å². The first-order chi connectivity index (χ1) is 22.3. The van der Waals surface area contributed by atoms with Gasteiger partial charge in [0.1, 0.15) is 11.2 Å². The van der Waals surface area contributed by atoms with Crippen LogP contribution in [0, 0.1) is 6.92 Å². The Morgan fingerprint density at radius 1 is 0.556 bits per heavy atom. The molecule has 0 atom stereocenters. The molecule has 0 fully saturated rings. The Morgan fingerprint density at radius 2 is 1.31 bits per heavy atom. The van der Waals surface area contributed by atoms with E-state index in [0.29, 0.717) is 0 Å². The fraction of sp³-hybridized carbons (Fsp3) is 0.0244. The van der Waals surface area contributed by atoms with E-state index < -0.39 is 0 Å². The van der Waals surface area contributed by atoms with Gasteiger partial charge in [-0.05, 0) is 64.7 Å². The molecule has 7 aromatic carbocycles. The minimum atomic E-state index is -0.0180.